The molecule has 4 nitrogen and oxygen atoms in total. The second-order valence-electron chi connectivity index (χ2n) is 6.87. The minimum atomic E-state index is 0.565. The highest BCUT2D eigenvalue weighted by molar-refractivity contribution is 7.16. The molecule has 0 unspecified atom stereocenters. The number of anilines is 1. The molecule has 0 amide bonds. The maximum atomic E-state index is 6.03. The van der Waals surface area contributed by atoms with Gasteiger partial charge in [-0.25, -0.2) is 9.97 Å². The molecule has 0 spiro atoms. The van der Waals surface area contributed by atoms with E-state index in [1.54, 1.807) is 11.3 Å². The van der Waals surface area contributed by atoms with Gasteiger partial charge in [-0.05, 0) is 43.9 Å². The Morgan fingerprint density at radius 3 is 2.67 bits per heavy atom. The van der Waals surface area contributed by atoms with Crippen molar-refractivity contribution < 1.29 is 0 Å². The van der Waals surface area contributed by atoms with Crippen molar-refractivity contribution in [2.24, 2.45) is 0 Å². The van der Waals surface area contributed by atoms with E-state index in [4.69, 9.17) is 16.6 Å². The van der Waals surface area contributed by atoms with E-state index in [0.29, 0.717) is 12.0 Å². The summed E-state index contributed by atoms with van der Waals surface area (Å²) in [7, 11) is 2.18. The predicted molar refractivity (Wildman–Crippen MR) is 100 cm³/mol. The minimum Gasteiger partial charge on any atom is -0.356 e. The van der Waals surface area contributed by atoms with Crippen LogP contribution in [0.1, 0.15) is 42.3 Å². The monoisotopic (exact) mass is 362 g/mol. The van der Waals surface area contributed by atoms with Crippen LogP contribution in [0.25, 0.3) is 0 Å². The Kier molecular flexibility index (Phi) is 4.74. The largest absolute Gasteiger partial charge is 0.356 e. The van der Waals surface area contributed by atoms with Crippen molar-refractivity contribution in [3.8, 4) is 0 Å². The van der Waals surface area contributed by atoms with Crippen LogP contribution in [-0.4, -0.2) is 41.0 Å². The SMILES string of the molecule is CN(c1ccnc(C2CC2)n1)C1CCN(Cc2ccc(Cl)s2)CC1. The highest BCUT2D eigenvalue weighted by Crippen LogP contribution is 2.38. The first-order chi connectivity index (χ1) is 11.7. The Labute approximate surface area is 152 Å². The number of aromatic nitrogens is 2. The van der Waals surface area contributed by atoms with Gasteiger partial charge in [0.2, 0.25) is 0 Å². The van der Waals surface area contributed by atoms with Gasteiger partial charge in [0.25, 0.3) is 0 Å². The Balaban J connectivity index is 1.34. The maximum absolute atomic E-state index is 6.03. The van der Waals surface area contributed by atoms with Crippen LogP contribution in [0, 0.1) is 0 Å². The fourth-order valence-corrected chi connectivity index (χ4v) is 4.54. The van der Waals surface area contributed by atoms with Gasteiger partial charge >= 0.3 is 0 Å². The normalized spacial score (nSPS) is 19.6. The van der Waals surface area contributed by atoms with Crippen molar-refractivity contribution in [3.63, 3.8) is 0 Å². The summed E-state index contributed by atoms with van der Waals surface area (Å²) in [5.41, 5.74) is 0. The number of hydrogen-bond donors (Lipinski definition) is 0. The summed E-state index contributed by atoms with van der Waals surface area (Å²) in [6.07, 6.45) is 6.77. The van der Waals surface area contributed by atoms with Gasteiger partial charge in [0.15, 0.2) is 0 Å². The maximum Gasteiger partial charge on any atom is 0.133 e. The summed E-state index contributed by atoms with van der Waals surface area (Å²) in [6.45, 7) is 3.28. The number of nitrogens with zero attached hydrogens (tertiary/aromatic N) is 4. The van der Waals surface area contributed by atoms with E-state index < -0.39 is 0 Å². The highest BCUT2D eigenvalue weighted by Gasteiger charge is 2.28. The fraction of sp³-hybridized carbons (Fsp3) is 0.556. The van der Waals surface area contributed by atoms with Crippen molar-refractivity contribution in [3.05, 3.63) is 39.4 Å². The van der Waals surface area contributed by atoms with Gasteiger partial charge in [-0.15, -0.1) is 11.3 Å². The molecule has 3 heterocycles. The molecule has 1 saturated heterocycles. The average Bonchev–Trinajstić information content (AvgIpc) is 3.38. The van der Waals surface area contributed by atoms with Gasteiger partial charge in [-0.3, -0.25) is 4.90 Å². The van der Waals surface area contributed by atoms with E-state index in [1.165, 1.54) is 30.6 Å². The lowest BCUT2D eigenvalue weighted by molar-refractivity contribution is 0.204. The molecular weight excluding hydrogens is 340 g/mol. The molecule has 0 N–H and O–H groups in total. The Bertz CT molecular complexity index is 692. The van der Waals surface area contributed by atoms with Crippen molar-refractivity contribution in [1.29, 1.82) is 0 Å². The van der Waals surface area contributed by atoms with Crippen molar-refractivity contribution >= 4 is 28.8 Å². The van der Waals surface area contributed by atoms with Gasteiger partial charge in [0.05, 0.1) is 4.34 Å². The second kappa shape index (κ2) is 6.98. The first-order valence-corrected chi connectivity index (χ1v) is 9.91. The smallest absolute Gasteiger partial charge is 0.133 e. The van der Waals surface area contributed by atoms with Crippen molar-refractivity contribution in [2.45, 2.75) is 44.2 Å². The third-order valence-electron chi connectivity index (χ3n) is 5.08. The van der Waals surface area contributed by atoms with Gasteiger partial charge in [-0.2, -0.15) is 0 Å². The van der Waals surface area contributed by atoms with Gasteiger partial charge in [0.1, 0.15) is 11.6 Å². The molecule has 1 aliphatic carbocycles. The third-order valence-corrected chi connectivity index (χ3v) is 6.29. The van der Waals surface area contributed by atoms with Crippen LogP contribution in [0.4, 0.5) is 5.82 Å². The van der Waals surface area contributed by atoms with E-state index in [-0.39, 0.29) is 0 Å². The van der Waals surface area contributed by atoms with E-state index in [2.05, 4.69) is 27.9 Å². The predicted octanol–water partition coefficient (Wildman–Crippen LogP) is 4.17. The quantitative estimate of drug-likeness (QED) is 0.799. The molecule has 2 aromatic rings. The van der Waals surface area contributed by atoms with Crippen LogP contribution in [0.15, 0.2) is 24.4 Å². The zero-order valence-electron chi connectivity index (χ0n) is 14.0. The topological polar surface area (TPSA) is 32.3 Å². The third kappa shape index (κ3) is 3.73. The summed E-state index contributed by atoms with van der Waals surface area (Å²) >= 11 is 7.72. The van der Waals surface area contributed by atoms with Crippen LogP contribution in [-0.2, 0) is 6.54 Å². The number of piperidine rings is 1. The molecule has 2 fully saturated rings. The first-order valence-electron chi connectivity index (χ1n) is 8.71. The number of thiophene rings is 1. The lowest BCUT2D eigenvalue weighted by atomic mass is 10.0. The van der Waals surface area contributed by atoms with Crippen molar-refractivity contribution in [2.75, 3.05) is 25.0 Å². The van der Waals surface area contributed by atoms with Crippen LogP contribution >= 0.6 is 22.9 Å². The zero-order valence-corrected chi connectivity index (χ0v) is 15.6. The van der Waals surface area contributed by atoms with Crippen LogP contribution in [0.5, 0.6) is 0 Å². The summed E-state index contributed by atoms with van der Waals surface area (Å²) in [4.78, 5) is 15.5. The Morgan fingerprint density at radius 2 is 2.00 bits per heavy atom. The van der Waals surface area contributed by atoms with Crippen LogP contribution in [0.2, 0.25) is 4.34 Å². The first kappa shape index (κ1) is 16.3. The molecule has 0 bridgehead atoms. The standard InChI is InChI=1S/C18H23ClN4S/c1-22(17-6-9-20-18(21-17)13-2-3-13)14-7-10-23(11-8-14)12-15-4-5-16(19)24-15/h4-6,9,13-14H,2-3,7-8,10-12H2,1H3. The highest BCUT2D eigenvalue weighted by atomic mass is 35.5. The summed E-state index contributed by atoms with van der Waals surface area (Å²) in [5, 5.41) is 0. The fourth-order valence-electron chi connectivity index (χ4n) is 3.41. The van der Waals surface area contributed by atoms with Gasteiger partial charge in [0, 0.05) is 49.7 Å². The summed E-state index contributed by atoms with van der Waals surface area (Å²) in [6, 6.07) is 6.75. The Hall–Kier alpha value is -1.17. The molecule has 1 saturated carbocycles. The summed E-state index contributed by atoms with van der Waals surface area (Å²) < 4.78 is 0.884. The van der Waals surface area contributed by atoms with Gasteiger partial charge < -0.3 is 4.90 Å². The van der Waals surface area contributed by atoms with Crippen LogP contribution < -0.4 is 4.90 Å². The molecule has 0 radical (unpaired) electrons. The molecule has 4 rings (SSSR count). The summed E-state index contributed by atoms with van der Waals surface area (Å²) in [5.74, 6) is 2.72. The molecule has 24 heavy (non-hydrogen) atoms. The molecule has 128 valence electrons. The van der Waals surface area contributed by atoms with E-state index >= 15 is 0 Å². The lowest BCUT2D eigenvalue weighted by Crippen LogP contribution is -2.43. The number of rotatable bonds is 5. The molecule has 1 aliphatic heterocycles. The molecule has 0 atom stereocenters. The Morgan fingerprint density at radius 1 is 1.21 bits per heavy atom. The molecule has 6 heteroatoms. The second-order valence-corrected chi connectivity index (χ2v) is 8.67. The minimum absolute atomic E-state index is 0.565. The molecule has 0 aromatic carbocycles. The number of hydrogen-bond acceptors (Lipinski definition) is 5. The molecule has 2 aromatic heterocycles. The molecule has 2 aliphatic rings. The zero-order chi connectivity index (χ0) is 16.5. The number of likely N-dealkylation sites (tertiary alicyclic amines) is 1. The van der Waals surface area contributed by atoms with Crippen molar-refractivity contribution in [1.82, 2.24) is 14.9 Å². The lowest BCUT2D eigenvalue weighted by Gasteiger charge is -2.37. The number of halogens is 1. The van der Waals surface area contributed by atoms with E-state index in [1.807, 2.05) is 18.3 Å². The van der Waals surface area contributed by atoms with E-state index in [0.717, 1.165) is 35.6 Å². The molecular formula is C18H23ClN4S. The van der Waals surface area contributed by atoms with Gasteiger partial charge in [-0.1, -0.05) is 11.6 Å². The van der Waals surface area contributed by atoms with E-state index in [9.17, 15) is 0 Å². The average molecular weight is 363 g/mol. The van der Waals surface area contributed by atoms with Crippen LogP contribution in [0.3, 0.4) is 0 Å².